The van der Waals surface area contributed by atoms with Gasteiger partial charge in [0.25, 0.3) is 0 Å². The lowest BCUT2D eigenvalue weighted by Crippen LogP contribution is -2.06. The van der Waals surface area contributed by atoms with Crippen LogP contribution in [0, 0.1) is 12.8 Å². The van der Waals surface area contributed by atoms with E-state index in [1.807, 2.05) is 16.8 Å². The molecular formula is C12H15ClN2. The lowest BCUT2D eigenvalue weighted by molar-refractivity contribution is 0.495. The molecule has 0 unspecified atom stereocenters. The molecule has 0 bridgehead atoms. The number of rotatable bonds is 2. The van der Waals surface area contributed by atoms with Gasteiger partial charge in [0.15, 0.2) is 5.15 Å². The van der Waals surface area contributed by atoms with Crippen LogP contribution in [0.4, 0.5) is 0 Å². The Morgan fingerprint density at radius 2 is 2.13 bits per heavy atom. The number of hydrogen-bond donors (Lipinski definition) is 0. The Morgan fingerprint density at radius 3 is 2.80 bits per heavy atom. The molecule has 1 aromatic carbocycles. The highest BCUT2D eigenvalue weighted by Crippen LogP contribution is 2.25. The van der Waals surface area contributed by atoms with E-state index in [1.165, 1.54) is 5.56 Å². The third-order valence-corrected chi connectivity index (χ3v) is 2.74. The summed E-state index contributed by atoms with van der Waals surface area (Å²) in [5, 5.41) is 6.03. The van der Waals surface area contributed by atoms with E-state index in [1.54, 1.807) is 0 Å². The predicted octanol–water partition coefficient (Wildman–Crippen LogP) is 3.65. The molecule has 1 heterocycles. The smallest absolute Gasteiger partial charge is 0.158 e. The fourth-order valence-corrected chi connectivity index (χ4v) is 2.10. The van der Waals surface area contributed by atoms with E-state index in [0.717, 1.165) is 17.4 Å². The molecule has 0 aliphatic carbocycles. The largest absolute Gasteiger partial charge is 0.263 e. The average molecular weight is 223 g/mol. The van der Waals surface area contributed by atoms with Crippen LogP contribution in [0.15, 0.2) is 18.2 Å². The van der Waals surface area contributed by atoms with E-state index in [-0.39, 0.29) is 0 Å². The minimum atomic E-state index is 0.573. The maximum absolute atomic E-state index is 6.10. The average Bonchev–Trinajstić information content (AvgIpc) is 2.44. The summed E-state index contributed by atoms with van der Waals surface area (Å²) in [6.45, 7) is 7.37. The fraction of sp³-hybridized carbons (Fsp3) is 0.417. The topological polar surface area (TPSA) is 17.8 Å². The molecule has 0 fully saturated rings. The van der Waals surface area contributed by atoms with Gasteiger partial charge in [-0.1, -0.05) is 37.6 Å². The quantitative estimate of drug-likeness (QED) is 0.759. The van der Waals surface area contributed by atoms with Gasteiger partial charge >= 0.3 is 0 Å². The van der Waals surface area contributed by atoms with E-state index >= 15 is 0 Å². The van der Waals surface area contributed by atoms with Gasteiger partial charge in [-0.3, -0.25) is 4.68 Å². The summed E-state index contributed by atoms with van der Waals surface area (Å²) < 4.78 is 2.01. The molecular weight excluding hydrogens is 208 g/mol. The van der Waals surface area contributed by atoms with Crippen molar-refractivity contribution in [2.45, 2.75) is 27.3 Å². The van der Waals surface area contributed by atoms with Gasteiger partial charge in [0.05, 0.1) is 5.52 Å². The first kappa shape index (κ1) is 10.5. The first-order valence-electron chi connectivity index (χ1n) is 5.21. The second-order valence-electron chi connectivity index (χ2n) is 4.34. The number of aryl methyl sites for hydroxylation is 1. The van der Waals surface area contributed by atoms with Crippen molar-refractivity contribution >= 4 is 22.5 Å². The van der Waals surface area contributed by atoms with Crippen LogP contribution in [0.2, 0.25) is 5.15 Å². The van der Waals surface area contributed by atoms with Crippen LogP contribution < -0.4 is 0 Å². The highest BCUT2D eigenvalue weighted by Gasteiger charge is 2.10. The van der Waals surface area contributed by atoms with E-state index in [9.17, 15) is 0 Å². The maximum atomic E-state index is 6.10. The van der Waals surface area contributed by atoms with Gasteiger partial charge in [-0.05, 0) is 24.5 Å². The van der Waals surface area contributed by atoms with Crippen LogP contribution in [-0.4, -0.2) is 9.78 Å². The molecule has 0 saturated carbocycles. The Morgan fingerprint density at radius 1 is 1.40 bits per heavy atom. The number of aromatic nitrogens is 2. The van der Waals surface area contributed by atoms with Gasteiger partial charge in [-0.2, -0.15) is 5.10 Å². The molecule has 0 atom stereocenters. The van der Waals surface area contributed by atoms with Crippen molar-refractivity contribution in [3.63, 3.8) is 0 Å². The summed E-state index contributed by atoms with van der Waals surface area (Å²) in [6.07, 6.45) is 0. The summed E-state index contributed by atoms with van der Waals surface area (Å²) in [4.78, 5) is 0. The molecule has 0 amide bonds. The summed E-state index contributed by atoms with van der Waals surface area (Å²) in [7, 11) is 0. The van der Waals surface area contributed by atoms with Crippen molar-refractivity contribution in [3.8, 4) is 0 Å². The zero-order valence-electron chi connectivity index (χ0n) is 9.29. The third-order valence-electron chi connectivity index (χ3n) is 2.46. The van der Waals surface area contributed by atoms with Crippen LogP contribution in [0.3, 0.4) is 0 Å². The van der Waals surface area contributed by atoms with Gasteiger partial charge in [0.2, 0.25) is 0 Å². The molecule has 0 saturated heterocycles. The minimum Gasteiger partial charge on any atom is -0.263 e. The van der Waals surface area contributed by atoms with Gasteiger partial charge in [-0.25, -0.2) is 0 Å². The first-order chi connectivity index (χ1) is 7.09. The van der Waals surface area contributed by atoms with Crippen LogP contribution in [0.1, 0.15) is 19.4 Å². The summed E-state index contributed by atoms with van der Waals surface area (Å²) in [5.41, 5.74) is 2.39. The van der Waals surface area contributed by atoms with E-state index in [0.29, 0.717) is 11.1 Å². The highest BCUT2D eigenvalue weighted by molar-refractivity contribution is 6.34. The molecule has 0 aliphatic rings. The number of hydrogen-bond acceptors (Lipinski definition) is 1. The second kappa shape index (κ2) is 3.86. The standard InChI is InChI=1S/C12H15ClN2/c1-8(2)7-15-11-9(3)5-4-6-10(11)12(13)14-15/h4-6,8H,7H2,1-3H3. The molecule has 0 radical (unpaired) electrons. The Labute approximate surface area is 94.8 Å². The molecule has 80 valence electrons. The molecule has 15 heavy (non-hydrogen) atoms. The lowest BCUT2D eigenvalue weighted by atomic mass is 10.1. The number of halogens is 1. The number of benzene rings is 1. The Bertz CT molecular complexity index is 486. The zero-order valence-corrected chi connectivity index (χ0v) is 10.0. The van der Waals surface area contributed by atoms with Crippen molar-refractivity contribution in [2.24, 2.45) is 5.92 Å². The van der Waals surface area contributed by atoms with Crippen molar-refractivity contribution in [1.29, 1.82) is 0 Å². The Kier molecular flexibility index (Phi) is 2.70. The number of nitrogens with zero attached hydrogens (tertiary/aromatic N) is 2. The Hall–Kier alpha value is -1.02. The van der Waals surface area contributed by atoms with E-state index < -0.39 is 0 Å². The maximum Gasteiger partial charge on any atom is 0.158 e. The van der Waals surface area contributed by atoms with Crippen molar-refractivity contribution in [2.75, 3.05) is 0 Å². The van der Waals surface area contributed by atoms with Crippen LogP contribution >= 0.6 is 11.6 Å². The highest BCUT2D eigenvalue weighted by atomic mass is 35.5. The first-order valence-corrected chi connectivity index (χ1v) is 5.59. The van der Waals surface area contributed by atoms with Crippen molar-refractivity contribution in [1.82, 2.24) is 9.78 Å². The normalized spacial score (nSPS) is 11.5. The van der Waals surface area contributed by atoms with E-state index in [4.69, 9.17) is 11.6 Å². The van der Waals surface area contributed by atoms with E-state index in [2.05, 4.69) is 31.9 Å². The molecule has 3 heteroatoms. The molecule has 2 rings (SSSR count). The number of para-hydroxylation sites is 1. The van der Waals surface area contributed by atoms with Gasteiger partial charge in [0, 0.05) is 11.9 Å². The van der Waals surface area contributed by atoms with Crippen LogP contribution in [0.5, 0.6) is 0 Å². The molecule has 2 aromatic rings. The third kappa shape index (κ3) is 1.86. The number of fused-ring (bicyclic) bond motifs is 1. The summed E-state index contributed by atoms with van der Waals surface area (Å²) >= 11 is 6.10. The Balaban J connectivity index is 2.65. The SMILES string of the molecule is Cc1cccc2c(Cl)nn(CC(C)C)c12. The molecule has 0 aliphatic heterocycles. The van der Waals surface area contributed by atoms with Crippen molar-refractivity contribution < 1.29 is 0 Å². The summed E-state index contributed by atoms with van der Waals surface area (Å²) in [6, 6.07) is 6.14. The molecule has 0 spiro atoms. The molecule has 0 N–H and O–H groups in total. The zero-order chi connectivity index (χ0) is 11.0. The van der Waals surface area contributed by atoms with Gasteiger partial charge in [-0.15, -0.1) is 0 Å². The monoisotopic (exact) mass is 222 g/mol. The predicted molar refractivity (Wildman–Crippen MR) is 64.3 cm³/mol. The van der Waals surface area contributed by atoms with Gasteiger partial charge < -0.3 is 0 Å². The van der Waals surface area contributed by atoms with Gasteiger partial charge in [0.1, 0.15) is 0 Å². The second-order valence-corrected chi connectivity index (χ2v) is 4.70. The van der Waals surface area contributed by atoms with Crippen LogP contribution in [0.25, 0.3) is 10.9 Å². The summed E-state index contributed by atoms with van der Waals surface area (Å²) in [5.74, 6) is 0.573. The lowest BCUT2D eigenvalue weighted by Gasteiger charge is -2.07. The fourth-order valence-electron chi connectivity index (χ4n) is 1.86. The minimum absolute atomic E-state index is 0.573. The molecule has 2 nitrogen and oxygen atoms in total. The molecule has 1 aromatic heterocycles. The van der Waals surface area contributed by atoms with Crippen LogP contribution in [-0.2, 0) is 6.54 Å². The van der Waals surface area contributed by atoms with Crippen molar-refractivity contribution in [3.05, 3.63) is 28.9 Å².